The van der Waals surface area contributed by atoms with E-state index >= 15 is 0 Å². The first-order chi connectivity index (χ1) is 12.8. The molecule has 3 rings (SSSR count). The molecular weight excluding hydrogens is 345 g/mol. The second-order valence-corrected chi connectivity index (χ2v) is 7.61. The molecule has 0 bridgehead atoms. The Kier molecular flexibility index (Phi) is 5.40. The normalized spacial score (nSPS) is 18.8. The van der Waals surface area contributed by atoms with Gasteiger partial charge >= 0.3 is 0 Å². The van der Waals surface area contributed by atoms with Crippen molar-refractivity contribution in [3.8, 4) is 11.5 Å². The number of carbonyl (C=O) groups is 1. The molecule has 0 fully saturated rings. The molecule has 144 valence electrons. The molecular formula is C22H26FNO3. The summed E-state index contributed by atoms with van der Waals surface area (Å²) in [6.07, 6.45) is 0.319. The number of amides is 1. The number of hydrogen-bond donors (Lipinski definition) is 1. The number of carbonyl (C=O) groups excluding carboxylic acids is 1. The van der Waals surface area contributed by atoms with Gasteiger partial charge < -0.3 is 14.8 Å². The van der Waals surface area contributed by atoms with Crippen molar-refractivity contribution in [1.29, 1.82) is 0 Å². The molecule has 1 aliphatic rings. The lowest BCUT2D eigenvalue weighted by Crippen LogP contribution is -2.45. The van der Waals surface area contributed by atoms with Crippen LogP contribution in [0.1, 0.15) is 50.8 Å². The molecule has 1 N–H and O–H groups in total. The van der Waals surface area contributed by atoms with Crippen LogP contribution < -0.4 is 14.8 Å². The summed E-state index contributed by atoms with van der Waals surface area (Å²) in [6, 6.07) is 11.9. The number of fused-ring (bicyclic) bond motifs is 1. The van der Waals surface area contributed by atoms with Crippen molar-refractivity contribution < 1.29 is 18.7 Å². The molecule has 2 aromatic carbocycles. The van der Waals surface area contributed by atoms with Gasteiger partial charge in [-0.1, -0.05) is 36.8 Å². The molecule has 1 amide bonds. The van der Waals surface area contributed by atoms with Gasteiger partial charge in [0.25, 0.3) is 5.91 Å². The van der Waals surface area contributed by atoms with Crippen molar-refractivity contribution >= 4 is 5.91 Å². The van der Waals surface area contributed by atoms with Gasteiger partial charge in [0.1, 0.15) is 11.4 Å². The van der Waals surface area contributed by atoms with Crippen molar-refractivity contribution in [3.05, 3.63) is 59.4 Å². The van der Waals surface area contributed by atoms with Gasteiger partial charge in [-0.15, -0.1) is 0 Å². The molecule has 2 aromatic rings. The molecule has 27 heavy (non-hydrogen) atoms. The van der Waals surface area contributed by atoms with E-state index in [1.54, 1.807) is 12.1 Å². The number of halogens is 1. The average molecular weight is 371 g/mol. The Morgan fingerprint density at radius 2 is 2.07 bits per heavy atom. The molecule has 0 unspecified atom stereocenters. The van der Waals surface area contributed by atoms with Crippen molar-refractivity contribution in [2.24, 2.45) is 0 Å². The summed E-state index contributed by atoms with van der Waals surface area (Å²) in [5.74, 6) is 0.140. The number of para-hydroxylation sites is 1. The van der Waals surface area contributed by atoms with Gasteiger partial charge in [0, 0.05) is 12.0 Å². The number of ether oxygens (including phenoxy) is 2. The summed E-state index contributed by atoms with van der Waals surface area (Å²) >= 11 is 0. The summed E-state index contributed by atoms with van der Waals surface area (Å²) in [6.45, 7) is 7.86. The highest BCUT2D eigenvalue weighted by Gasteiger charge is 2.35. The molecule has 2 atom stereocenters. The van der Waals surface area contributed by atoms with Gasteiger partial charge in [0.15, 0.2) is 17.7 Å². The monoisotopic (exact) mass is 371 g/mol. The van der Waals surface area contributed by atoms with Crippen LogP contribution in [0.25, 0.3) is 0 Å². The molecule has 5 heteroatoms. The Morgan fingerprint density at radius 1 is 1.33 bits per heavy atom. The zero-order chi connectivity index (χ0) is 19.6. The lowest BCUT2D eigenvalue weighted by molar-refractivity contribution is -0.129. The Morgan fingerprint density at radius 3 is 2.78 bits per heavy atom. The Bertz CT molecular complexity index is 834. The number of rotatable bonds is 5. The summed E-state index contributed by atoms with van der Waals surface area (Å²) in [5.41, 5.74) is 1.67. The van der Waals surface area contributed by atoms with Crippen LogP contribution in [-0.4, -0.2) is 17.6 Å². The van der Waals surface area contributed by atoms with Crippen molar-refractivity contribution in [2.45, 2.75) is 58.3 Å². The maximum atomic E-state index is 13.9. The van der Waals surface area contributed by atoms with E-state index in [9.17, 15) is 9.18 Å². The third-order valence-corrected chi connectivity index (χ3v) is 4.71. The molecule has 0 saturated heterocycles. The second kappa shape index (κ2) is 7.59. The van der Waals surface area contributed by atoms with Crippen LogP contribution in [0.2, 0.25) is 0 Å². The third kappa shape index (κ3) is 4.41. The maximum absolute atomic E-state index is 13.9. The van der Waals surface area contributed by atoms with Crippen LogP contribution in [0.3, 0.4) is 0 Å². The van der Waals surface area contributed by atoms with Gasteiger partial charge in [-0.25, -0.2) is 4.39 Å². The van der Waals surface area contributed by atoms with Crippen LogP contribution in [0.5, 0.6) is 11.5 Å². The van der Waals surface area contributed by atoms with Crippen molar-refractivity contribution in [1.82, 2.24) is 5.32 Å². The summed E-state index contributed by atoms with van der Waals surface area (Å²) in [4.78, 5) is 12.9. The predicted octanol–water partition coefficient (Wildman–Crippen LogP) is 4.71. The lowest BCUT2D eigenvalue weighted by Gasteiger charge is -2.38. The second-order valence-electron chi connectivity index (χ2n) is 7.61. The van der Waals surface area contributed by atoms with Gasteiger partial charge in [-0.2, -0.15) is 0 Å². The predicted molar refractivity (Wildman–Crippen MR) is 102 cm³/mol. The van der Waals surface area contributed by atoms with Crippen LogP contribution in [0.15, 0.2) is 42.5 Å². The van der Waals surface area contributed by atoms with E-state index < -0.39 is 17.5 Å². The fourth-order valence-corrected chi connectivity index (χ4v) is 3.38. The van der Waals surface area contributed by atoms with Crippen molar-refractivity contribution in [2.75, 3.05) is 0 Å². The molecule has 0 radical (unpaired) electrons. The molecule has 0 aromatic heterocycles. The number of nitrogens with one attached hydrogen (secondary N) is 1. The average Bonchev–Trinajstić information content (AvgIpc) is 2.61. The summed E-state index contributed by atoms with van der Waals surface area (Å²) in [7, 11) is 0. The standard InChI is InChI=1S/C22H26FNO3/c1-5-18(26-20-9-7-6-8-16(20)23)21(25)24-17-13-22(3,4)27-19-11-10-14(2)12-15(17)19/h6-12,17-18H,5,13H2,1-4H3,(H,24,25)/t17-,18+/m0/s1. The fraction of sp³-hybridized carbons (Fsp3) is 0.409. The van der Waals surface area contributed by atoms with Gasteiger partial charge in [-0.05, 0) is 45.4 Å². The lowest BCUT2D eigenvalue weighted by atomic mass is 9.88. The quantitative estimate of drug-likeness (QED) is 0.828. The Hall–Kier alpha value is -2.56. The van der Waals surface area contributed by atoms with E-state index in [4.69, 9.17) is 9.47 Å². The molecule has 1 aliphatic heterocycles. The van der Waals surface area contributed by atoms with Crippen molar-refractivity contribution in [3.63, 3.8) is 0 Å². The molecule has 4 nitrogen and oxygen atoms in total. The van der Waals surface area contributed by atoms with Crippen LogP contribution in [0.4, 0.5) is 4.39 Å². The summed E-state index contributed by atoms with van der Waals surface area (Å²) < 4.78 is 25.6. The van der Waals surface area contributed by atoms with E-state index in [2.05, 4.69) is 5.32 Å². The number of benzene rings is 2. The minimum Gasteiger partial charge on any atom is -0.487 e. The molecule has 0 aliphatic carbocycles. The smallest absolute Gasteiger partial charge is 0.261 e. The Labute approximate surface area is 159 Å². The van der Waals surface area contributed by atoms with Gasteiger partial charge in [-0.3, -0.25) is 4.79 Å². The molecule has 0 saturated carbocycles. The molecule has 1 heterocycles. The highest BCUT2D eigenvalue weighted by molar-refractivity contribution is 5.81. The zero-order valence-electron chi connectivity index (χ0n) is 16.2. The topological polar surface area (TPSA) is 47.6 Å². The van der Waals surface area contributed by atoms with E-state index in [0.717, 1.165) is 16.9 Å². The number of hydrogen-bond acceptors (Lipinski definition) is 3. The van der Waals surface area contributed by atoms with Gasteiger partial charge in [0.05, 0.1) is 6.04 Å². The van der Waals surface area contributed by atoms with Crippen LogP contribution in [0, 0.1) is 12.7 Å². The van der Waals surface area contributed by atoms with Crippen LogP contribution in [-0.2, 0) is 4.79 Å². The van der Waals surface area contributed by atoms with E-state index in [1.165, 1.54) is 12.1 Å². The van der Waals surface area contributed by atoms with E-state index in [0.29, 0.717) is 12.8 Å². The zero-order valence-corrected chi connectivity index (χ0v) is 16.2. The van der Waals surface area contributed by atoms with E-state index in [-0.39, 0.29) is 17.7 Å². The first kappa shape index (κ1) is 19.2. The minimum absolute atomic E-state index is 0.0862. The first-order valence-electron chi connectivity index (χ1n) is 9.30. The SMILES string of the molecule is CC[C@@H](Oc1ccccc1F)C(=O)N[C@H]1CC(C)(C)Oc2ccc(C)cc21. The number of aryl methyl sites for hydroxylation is 1. The Balaban J connectivity index is 1.80. The fourth-order valence-electron chi connectivity index (χ4n) is 3.38. The van der Waals surface area contributed by atoms with E-state index in [1.807, 2.05) is 45.9 Å². The third-order valence-electron chi connectivity index (χ3n) is 4.71. The summed E-state index contributed by atoms with van der Waals surface area (Å²) in [5, 5.41) is 3.08. The molecule has 0 spiro atoms. The van der Waals surface area contributed by atoms with Crippen LogP contribution >= 0.6 is 0 Å². The minimum atomic E-state index is -0.763. The highest BCUT2D eigenvalue weighted by Crippen LogP contribution is 2.40. The van der Waals surface area contributed by atoms with Gasteiger partial charge in [0.2, 0.25) is 0 Å². The maximum Gasteiger partial charge on any atom is 0.261 e. The largest absolute Gasteiger partial charge is 0.487 e. The highest BCUT2D eigenvalue weighted by atomic mass is 19.1. The first-order valence-corrected chi connectivity index (χ1v) is 9.30.